The van der Waals surface area contributed by atoms with Crippen molar-refractivity contribution < 1.29 is 19.7 Å². The summed E-state index contributed by atoms with van der Waals surface area (Å²) in [5.41, 5.74) is 0.454. The SMILES string of the molecule is Cl.O=C1N[C@@H](c2cccc(O)c2O)CO1. The molecule has 1 aromatic rings. The summed E-state index contributed by atoms with van der Waals surface area (Å²) in [5.74, 6) is -0.424. The molecule has 0 aliphatic carbocycles. The molecule has 2 rings (SSSR count). The quantitative estimate of drug-likeness (QED) is 0.637. The van der Waals surface area contributed by atoms with Gasteiger partial charge in [0.1, 0.15) is 6.61 Å². The van der Waals surface area contributed by atoms with Crippen LogP contribution in [0.4, 0.5) is 4.79 Å². The fourth-order valence-electron chi connectivity index (χ4n) is 1.38. The van der Waals surface area contributed by atoms with Crippen LogP contribution in [0.1, 0.15) is 11.6 Å². The van der Waals surface area contributed by atoms with Gasteiger partial charge >= 0.3 is 6.09 Å². The standard InChI is InChI=1S/C9H9NO4.ClH/c11-7-3-1-2-5(8(7)12)6-4-14-9(13)10-6;/h1-3,6,11-12H,4H2,(H,10,13);1H/t6-;/m1./s1. The highest BCUT2D eigenvalue weighted by Crippen LogP contribution is 2.33. The summed E-state index contributed by atoms with van der Waals surface area (Å²) < 4.78 is 4.67. The number of alkyl carbamates (subject to hydrolysis) is 1. The molecule has 6 heteroatoms. The summed E-state index contributed by atoms with van der Waals surface area (Å²) in [5, 5.41) is 21.2. The number of aromatic hydroxyl groups is 2. The average molecular weight is 232 g/mol. The second-order valence-corrected chi connectivity index (χ2v) is 3.01. The number of ether oxygens (including phenoxy) is 1. The van der Waals surface area contributed by atoms with Crippen molar-refractivity contribution in [2.45, 2.75) is 6.04 Å². The van der Waals surface area contributed by atoms with E-state index >= 15 is 0 Å². The normalized spacial score (nSPS) is 18.9. The number of phenolic OH excluding ortho intramolecular Hbond substituents is 2. The summed E-state index contributed by atoms with van der Waals surface area (Å²) in [7, 11) is 0. The maximum Gasteiger partial charge on any atom is 0.407 e. The molecule has 1 aliphatic heterocycles. The van der Waals surface area contributed by atoms with Gasteiger partial charge in [0.25, 0.3) is 0 Å². The summed E-state index contributed by atoms with van der Waals surface area (Å²) in [6.45, 7) is 0.163. The lowest BCUT2D eigenvalue weighted by Crippen LogP contribution is -2.18. The van der Waals surface area contributed by atoms with Gasteiger partial charge in [0.2, 0.25) is 0 Å². The van der Waals surface area contributed by atoms with Crippen molar-refractivity contribution in [2.75, 3.05) is 6.61 Å². The lowest BCUT2D eigenvalue weighted by molar-refractivity contribution is 0.177. The van der Waals surface area contributed by atoms with Crippen LogP contribution in [0, 0.1) is 0 Å². The van der Waals surface area contributed by atoms with Crippen LogP contribution in [-0.4, -0.2) is 22.9 Å². The minimum absolute atomic E-state index is 0. The van der Waals surface area contributed by atoms with Gasteiger partial charge in [-0.15, -0.1) is 12.4 Å². The molecule has 1 aromatic carbocycles. The zero-order valence-electron chi connectivity index (χ0n) is 7.64. The Labute approximate surface area is 92.1 Å². The maximum atomic E-state index is 10.7. The van der Waals surface area contributed by atoms with Crippen molar-refractivity contribution in [3.63, 3.8) is 0 Å². The average Bonchev–Trinajstić information content (AvgIpc) is 2.57. The molecule has 1 saturated heterocycles. The van der Waals surface area contributed by atoms with Crippen LogP contribution < -0.4 is 5.32 Å². The lowest BCUT2D eigenvalue weighted by Gasteiger charge is -2.10. The molecule has 0 aromatic heterocycles. The molecule has 0 bridgehead atoms. The van der Waals surface area contributed by atoms with Crippen LogP contribution in [0.3, 0.4) is 0 Å². The molecule has 82 valence electrons. The molecule has 1 amide bonds. The van der Waals surface area contributed by atoms with Crippen molar-refractivity contribution in [3.05, 3.63) is 23.8 Å². The van der Waals surface area contributed by atoms with Crippen LogP contribution in [0.15, 0.2) is 18.2 Å². The number of benzene rings is 1. The van der Waals surface area contributed by atoms with Crippen LogP contribution in [0.5, 0.6) is 11.5 Å². The summed E-state index contributed by atoms with van der Waals surface area (Å²) in [4.78, 5) is 10.7. The molecule has 1 heterocycles. The fraction of sp³-hybridized carbons (Fsp3) is 0.222. The third-order valence-electron chi connectivity index (χ3n) is 2.09. The molecule has 1 atom stereocenters. The number of rotatable bonds is 1. The predicted molar refractivity (Wildman–Crippen MR) is 54.2 cm³/mol. The van der Waals surface area contributed by atoms with Gasteiger partial charge in [0, 0.05) is 5.56 Å². The Balaban J connectivity index is 0.00000112. The second-order valence-electron chi connectivity index (χ2n) is 3.01. The molecule has 0 spiro atoms. The number of amides is 1. The van der Waals surface area contributed by atoms with Crippen molar-refractivity contribution in [3.8, 4) is 11.5 Å². The van der Waals surface area contributed by atoms with E-state index in [4.69, 9.17) is 0 Å². The van der Waals surface area contributed by atoms with Crippen LogP contribution in [0.2, 0.25) is 0 Å². The van der Waals surface area contributed by atoms with E-state index in [0.29, 0.717) is 5.56 Å². The van der Waals surface area contributed by atoms with Gasteiger partial charge in [-0.2, -0.15) is 0 Å². The van der Waals surface area contributed by atoms with Gasteiger partial charge in [0.15, 0.2) is 11.5 Å². The van der Waals surface area contributed by atoms with E-state index in [1.165, 1.54) is 6.07 Å². The van der Waals surface area contributed by atoms with E-state index in [0.717, 1.165) is 0 Å². The summed E-state index contributed by atoms with van der Waals surface area (Å²) >= 11 is 0. The van der Waals surface area contributed by atoms with Crippen molar-refractivity contribution in [1.82, 2.24) is 5.32 Å². The number of hydrogen-bond acceptors (Lipinski definition) is 4. The first kappa shape index (κ1) is 11.5. The van der Waals surface area contributed by atoms with E-state index in [1.54, 1.807) is 12.1 Å². The van der Waals surface area contributed by atoms with Crippen molar-refractivity contribution in [1.29, 1.82) is 0 Å². The van der Waals surface area contributed by atoms with Gasteiger partial charge in [-0.1, -0.05) is 12.1 Å². The molecule has 0 saturated carbocycles. The highest BCUT2D eigenvalue weighted by molar-refractivity contribution is 5.85. The first-order valence-corrected chi connectivity index (χ1v) is 4.12. The van der Waals surface area contributed by atoms with Gasteiger partial charge in [-0.05, 0) is 6.07 Å². The van der Waals surface area contributed by atoms with Crippen LogP contribution >= 0.6 is 12.4 Å². The van der Waals surface area contributed by atoms with E-state index in [-0.39, 0.29) is 30.5 Å². The zero-order chi connectivity index (χ0) is 10.1. The van der Waals surface area contributed by atoms with E-state index < -0.39 is 12.1 Å². The first-order valence-electron chi connectivity index (χ1n) is 4.12. The fourth-order valence-corrected chi connectivity index (χ4v) is 1.38. The Bertz CT molecular complexity index is 382. The minimum atomic E-state index is -0.516. The molecule has 0 unspecified atom stereocenters. The predicted octanol–water partition coefficient (Wildman–Crippen LogP) is 1.30. The Hall–Kier alpha value is -1.62. The minimum Gasteiger partial charge on any atom is -0.504 e. The zero-order valence-corrected chi connectivity index (χ0v) is 8.45. The third-order valence-corrected chi connectivity index (χ3v) is 2.09. The number of nitrogens with one attached hydrogen (secondary N) is 1. The molecule has 1 aliphatic rings. The van der Waals surface area contributed by atoms with E-state index in [2.05, 4.69) is 10.1 Å². The van der Waals surface area contributed by atoms with Gasteiger partial charge in [0.05, 0.1) is 6.04 Å². The smallest absolute Gasteiger partial charge is 0.407 e. The topological polar surface area (TPSA) is 78.8 Å². The number of carbonyl (C=O) groups is 1. The first-order chi connectivity index (χ1) is 6.68. The van der Waals surface area contributed by atoms with Crippen molar-refractivity contribution in [2.24, 2.45) is 0 Å². The molecular weight excluding hydrogens is 222 g/mol. The van der Waals surface area contributed by atoms with Gasteiger partial charge in [-0.25, -0.2) is 4.79 Å². The largest absolute Gasteiger partial charge is 0.504 e. The number of hydrogen-bond donors (Lipinski definition) is 3. The highest BCUT2D eigenvalue weighted by atomic mass is 35.5. The Morgan fingerprint density at radius 2 is 2.13 bits per heavy atom. The third kappa shape index (κ3) is 2.07. The monoisotopic (exact) mass is 231 g/mol. The Morgan fingerprint density at radius 3 is 2.73 bits per heavy atom. The molecule has 15 heavy (non-hydrogen) atoms. The molecule has 0 radical (unpaired) electrons. The summed E-state index contributed by atoms with van der Waals surface area (Å²) in [6.07, 6.45) is -0.516. The molecule has 3 N–H and O–H groups in total. The number of para-hydroxylation sites is 1. The maximum absolute atomic E-state index is 10.7. The number of halogens is 1. The summed E-state index contributed by atoms with van der Waals surface area (Å²) in [6, 6.07) is 4.19. The molecule has 1 fully saturated rings. The Kier molecular flexibility index (Phi) is 3.26. The second kappa shape index (κ2) is 4.27. The van der Waals surface area contributed by atoms with Gasteiger partial charge < -0.3 is 20.3 Å². The van der Waals surface area contributed by atoms with Crippen LogP contribution in [0.25, 0.3) is 0 Å². The van der Waals surface area contributed by atoms with Gasteiger partial charge in [-0.3, -0.25) is 0 Å². The molecular formula is C9H10ClNO4. The number of carbonyl (C=O) groups excluding carboxylic acids is 1. The Morgan fingerprint density at radius 1 is 1.40 bits per heavy atom. The highest BCUT2D eigenvalue weighted by Gasteiger charge is 2.26. The lowest BCUT2D eigenvalue weighted by atomic mass is 10.1. The van der Waals surface area contributed by atoms with E-state index in [9.17, 15) is 15.0 Å². The number of phenols is 2. The molecule has 5 nitrogen and oxygen atoms in total. The number of cyclic esters (lactones) is 1. The van der Waals surface area contributed by atoms with Crippen molar-refractivity contribution >= 4 is 18.5 Å². The van der Waals surface area contributed by atoms with E-state index in [1.807, 2.05) is 0 Å². The van der Waals surface area contributed by atoms with Crippen LogP contribution in [-0.2, 0) is 4.74 Å².